The number of benzene rings is 1. The average Bonchev–Trinajstić information content (AvgIpc) is 2.66. The summed E-state index contributed by atoms with van der Waals surface area (Å²) in [7, 11) is 3.22. The Morgan fingerprint density at radius 3 is 2.44 bits per heavy atom. The molecule has 0 radical (unpaired) electrons. The molecule has 0 fully saturated rings. The lowest BCUT2D eigenvalue weighted by atomic mass is 9.98. The molecule has 3 rings (SSSR count). The molecule has 0 N–H and O–H groups in total. The summed E-state index contributed by atoms with van der Waals surface area (Å²) < 4.78 is 16.0. The van der Waals surface area contributed by atoms with Gasteiger partial charge >= 0.3 is 0 Å². The first-order valence-corrected chi connectivity index (χ1v) is 8.15. The van der Waals surface area contributed by atoms with Crippen LogP contribution in [0.15, 0.2) is 24.3 Å². The Morgan fingerprint density at radius 2 is 1.84 bits per heavy atom. The predicted octanol–water partition coefficient (Wildman–Crippen LogP) is 2.09. The normalized spacial score (nSPS) is 13.2. The van der Waals surface area contributed by atoms with Gasteiger partial charge in [-0.05, 0) is 42.7 Å². The highest BCUT2D eigenvalue weighted by Gasteiger charge is 2.24. The van der Waals surface area contributed by atoms with Crippen LogP contribution in [0.1, 0.15) is 28.5 Å². The van der Waals surface area contributed by atoms with E-state index in [1.807, 2.05) is 19.1 Å². The Morgan fingerprint density at radius 1 is 1.12 bits per heavy atom. The lowest BCUT2D eigenvalue weighted by Gasteiger charge is -2.29. The van der Waals surface area contributed by atoms with Crippen molar-refractivity contribution >= 4 is 5.91 Å². The number of hydrogen-bond donors (Lipinski definition) is 0. The van der Waals surface area contributed by atoms with Crippen LogP contribution in [-0.2, 0) is 13.0 Å². The second-order valence-corrected chi connectivity index (χ2v) is 5.64. The molecule has 0 unspecified atom stereocenters. The molecule has 7 heteroatoms. The first-order chi connectivity index (χ1) is 12.2. The fourth-order valence-corrected chi connectivity index (χ4v) is 2.88. The zero-order valence-electron chi connectivity index (χ0n) is 14.6. The summed E-state index contributed by atoms with van der Waals surface area (Å²) in [5.74, 6) is 1.64. The topological polar surface area (TPSA) is 73.8 Å². The van der Waals surface area contributed by atoms with E-state index in [1.54, 1.807) is 31.3 Å². The molecule has 1 aromatic carbocycles. The minimum Gasteiger partial charge on any atom is -0.493 e. The van der Waals surface area contributed by atoms with Crippen LogP contribution in [0.2, 0.25) is 0 Å². The van der Waals surface area contributed by atoms with Gasteiger partial charge in [0.15, 0.2) is 17.2 Å². The monoisotopic (exact) mass is 343 g/mol. The maximum absolute atomic E-state index is 12.7. The minimum atomic E-state index is -0.143. The molecule has 132 valence electrons. The number of hydrogen-bond acceptors (Lipinski definition) is 6. The average molecular weight is 343 g/mol. The van der Waals surface area contributed by atoms with E-state index in [4.69, 9.17) is 14.2 Å². The summed E-state index contributed by atoms with van der Waals surface area (Å²) >= 11 is 0. The molecular formula is C18H21N3O4. The van der Waals surface area contributed by atoms with Gasteiger partial charge in [-0.3, -0.25) is 4.79 Å². The molecule has 1 aromatic heterocycles. The van der Waals surface area contributed by atoms with Crippen molar-refractivity contribution in [2.45, 2.75) is 19.9 Å². The summed E-state index contributed by atoms with van der Waals surface area (Å²) in [6.45, 7) is 3.50. The van der Waals surface area contributed by atoms with Crippen molar-refractivity contribution in [3.63, 3.8) is 0 Å². The van der Waals surface area contributed by atoms with Crippen LogP contribution < -0.4 is 14.2 Å². The van der Waals surface area contributed by atoms with Gasteiger partial charge in [-0.1, -0.05) is 0 Å². The molecular weight excluding hydrogens is 322 g/mol. The van der Waals surface area contributed by atoms with E-state index in [1.165, 1.54) is 5.56 Å². The third-order valence-electron chi connectivity index (χ3n) is 4.16. The van der Waals surface area contributed by atoms with E-state index in [2.05, 4.69) is 10.2 Å². The lowest BCUT2D eigenvalue weighted by molar-refractivity contribution is 0.0727. The van der Waals surface area contributed by atoms with Crippen molar-refractivity contribution in [1.82, 2.24) is 15.1 Å². The highest BCUT2D eigenvalue weighted by Crippen LogP contribution is 2.33. The first-order valence-electron chi connectivity index (χ1n) is 8.15. The SMILES string of the molecule is CCOc1ccc(C(=O)N2CCc3cc(OC)c(OC)cc3C2)nn1. The predicted molar refractivity (Wildman–Crippen MR) is 91.2 cm³/mol. The van der Waals surface area contributed by atoms with Crippen LogP contribution in [0.5, 0.6) is 17.4 Å². The summed E-state index contributed by atoms with van der Waals surface area (Å²) in [4.78, 5) is 14.4. The third-order valence-corrected chi connectivity index (χ3v) is 4.16. The van der Waals surface area contributed by atoms with Crippen molar-refractivity contribution < 1.29 is 19.0 Å². The van der Waals surface area contributed by atoms with Gasteiger partial charge in [0, 0.05) is 19.2 Å². The highest BCUT2D eigenvalue weighted by molar-refractivity contribution is 5.92. The van der Waals surface area contributed by atoms with Crippen molar-refractivity contribution in [3.8, 4) is 17.4 Å². The number of ether oxygens (including phenoxy) is 3. The minimum absolute atomic E-state index is 0.143. The second-order valence-electron chi connectivity index (χ2n) is 5.64. The Balaban J connectivity index is 1.78. The zero-order chi connectivity index (χ0) is 17.8. The summed E-state index contributed by atoms with van der Waals surface area (Å²) in [5.41, 5.74) is 2.53. The van der Waals surface area contributed by atoms with E-state index in [0.29, 0.717) is 42.8 Å². The van der Waals surface area contributed by atoms with Gasteiger partial charge in [0.1, 0.15) is 0 Å². The fourth-order valence-electron chi connectivity index (χ4n) is 2.88. The van der Waals surface area contributed by atoms with Gasteiger partial charge in [-0.25, -0.2) is 0 Å². The number of aromatic nitrogens is 2. The highest BCUT2D eigenvalue weighted by atomic mass is 16.5. The third kappa shape index (κ3) is 3.50. The molecule has 0 saturated heterocycles. The van der Waals surface area contributed by atoms with Crippen molar-refractivity contribution in [2.75, 3.05) is 27.4 Å². The number of carbonyl (C=O) groups is 1. The molecule has 0 aliphatic carbocycles. The van der Waals surface area contributed by atoms with Gasteiger partial charge in [-0.2, -0.15) is 0 Å². The molecule has 1 aliphatic heterocycles. The second kappa shape index (κ2) is 7.38. The summed E-state index contributed by atoms with van der Waals surface area (Å²) in [5, 5.41) is 7.90. The smallest absolute Gasteiger partial charge is 0.274 e. The summed E-state index contributed by atoms with van der Waals surface area (Å²) in [6.07, 6.45) is 0.756. The standard InChI is InChI=1S/C18H21N3O4/c1-4-25-17-6-5-14(19-20-17)18(22)21-8-7-12-9-15(23-2)16(24-3)10-13(12)11-21/h5-6,9-10H,4,7-8,11H2,1-3H3. The van der Waals surface area contributed by atoms with Gasteiger partial charge in [0.25, 0.3) is 5.91 Å². The maximum atomic E-state index is 12.7. The number of amides is 1. The fraction of sp³-hybridized carbons (Fsp3) is 0.389. The molecule has 2 aromatic rings. The van der Waals surface area contributed by atoms with Gasteiger partial charge < -0.3 is 19.1 Å². The van der Waals surface area contributed by atoms with Crippen LogP contribution >= 0.6 is 0 Å². The van der Waals surface area contributed by atoms with Crippen molar-refractivity contribution in [2.24, 2.45) is 0 Å². The van der Waals surface area contributed by atoms with Gasteiger partial charge in [0.2, 0.25) is 5.88 Å². The van der Waals surface area contributed by atoms with E-state index >= 15 is 0 Å². The molecule has 0 saturated carbocycles. The zero-order valence-corrected chi connectivity index (χ0v) is 14.6. The molecule has 25 heavy (non-hydrogen) atoms. The Labute approximate surface area is 146 Å². The first kappa shape index (κ1) is 17.0. The quantitative estimate of drug-likeness (QED) is 0.828. The Bertz CT molecular complexity index is 762. The molecule has 1 aliphatic rings. The largest absolute Gasteiger partial charge is 0.493 e. The Kier molecular flexibility index (Phi) is 5.02. The molecule has 0 atom stereocenters. The van der Waals surface area contributed by atoms with Crippen LogP contribution in [0.3, 0.4) is 0 Å². The van der Waals surface area contributed by atoms with E-state index in [9.17, 15) is 4.79 Å². The lowest BCUT2D eigenvalue weighted by Crippen LogP contribution is -2.36. The number of rotatable bonds is 5. The van der Waals surface area contributed by atoms with Gasteiger partial charge in [0.05, 0.1) is 20.8 Å². The Hall–Kier alpha value is -2.83. The van der Waals surface area contributed by atoms with E-state index < -0.39 is 0 Å². The molecule has 0 bridgehead atoms. The number of carbonyl (C=O) groups excluding carboxylic acids is 1. The molecule has 7 nitrogen and oxygen atoms in total. The summed E-state index contributed by atoms with van der Waals surface area (Å²) in [6, 6.07) is 7.21. The van der Waals surface area contributed by atoms with Crippen LogP contribution in [0.25, 0.3) is 0 Å². The van der Waals surface area contributed by atoms with E-state index in [0.717, 1.165) is 12.0 Å². The number of methoxy groups -OCH3 is 2. The van der Waals surface area contributed by atoms with E-state index in [-0.39, 0.29) is 5.91 Å². The van der Waals surface area contributed by atoms with Crippen LogP contribution in [0.4, 0.5) is 0 Å². The number of nitrogens with zero attached hydrogens (tertiary/aromatic N) is 3. The molecule has 0 spiro atoms. The van der Waals surface area contributed by atoms with Crippen molar-refractivity contribution in [3.05, 3.63) is 41.1 Å². The molecule has 2 heterocycles. The van der Waals surface area contributed by atoms with Crippen molar-refractivity contribution in [1.29, 1.82) is 0 Å². The van der Waals surface area contributed by atoms with Crippen LogP contribution in [0, 0.1) is 0 Å². The molecule has 1 amide bonds. The maximum Gasteiger partial charge on any atom is 0.274 e. The van der Waals surface area contributed by atoms with Crippen LogP contribution in [-0.4, -0.2) is 48.4 Å². The van der Waals surface area contributed by atoms with Gasteiger partial charge in [-0.15, -0.1) is 10.2 Å². The number of fused-ring (bicyclic) bond motifs is 1.